The quantitative estimate of drug-likeness (QED) is 0.579. The van der Waals surface area contributed by atoms with Gasteiger partial charge in [-0.3, -0.25) is 19.3 Å². The molecule has 2 aromatic rings. The van der Waals surface area contributed by atoms with Gasteiger partial charge in [-0.2, -0.15) is 0 Å². The van der Waals surface area contributed by atoms with Crippen LogP contribution in [0.3, 0.4) is 0 Å². The number of esters is 1. The molecular weight excluding hydrogens is 396 g/mol. The Morgan fingerprint density at radius 1 is 1.07 bits per heavy atom. The van der Waals surface area contributed by atoms with Crippen LogP contribution >= 0.6 is 11.6 Å². The van der Waals surface area contributed by atoms with Crippen molar-refractivity contribution in [3.05, 3.63) is 69.7 Å². The number of carbonyl (C=O) groups excluding carboxylic acids is 4. The van der Waals surface area contributed by atoms with Gasteiger partial charge < -0.3 is 10.1 Å². The first-order valence-corrected chi connectivity index (χ1v) is 9.32. The number of hydrogen-bond acceptors (Lipinski definition) is 5. The molecule has 2 aromatic carbocycles. The highest BCUT2D eigenvalue weighted by atomic mass is 35.5. The predicted molar refractivity (Wildman–Crippen MR) is 105 cm³/mol. The van der Waals surface area contributed by atoms with Crippen molar-refractivity contribution in [1.29, 1.82) is 0 Å². The van der Waals surface area contributed by atoms with Gasteiger partial charge in [-0.25, -0.2) is 4.79 Å². The second-order valence-corrected chi connectivity index (χ2v) is 7.15. The number of ether oxygens (including phenoxy) is 1. The summed E-state index contributed by atoms with van der Waals surface area (Å²) >= 11 is 5.80. The minimum Gasteiger partial charge on any atom is -0.454 e. The zero-order valence-corrected chi connectivity index (χ0v) is 16.7. The monoisotopic (exact) mass is 414 g/mol. The molecule has 7 nitrogen and oxygen atoms in total. The number of rotatable bonds is 6. The van der Waals surface area contributed by atoms with Gasteiger partial charge in [0.2, 0.25) is 0 Å². The Hall–Kier alpha value is -3.19. The van der Waals surface area contributed by atoms with E-state index in [2.05, 4.69) is 5.32 Å². The van der Waals surface area contributed by atoms with Gasteiger partial charge in [0.05, 0.1) is 11.1 Å². The Morgan fingerprint density at radius 2 is 1.72 bits per heavy atom. The van der Waals surface area contributed by atoms with E-state index in [9.17, 15) is 19.2 Å². The van der Waals surface area contributed by atoms with Crippen LogP contribution in [0, 0.1) is 6.92 Å². The number of imide groups is 1. The molecule has 1 aliphatic heterocycles. The van der Waals surface area contributed by atoms with Crippen LogP contribution in [0.4, 0.5) is 0 Å². The summed E-state index contributed by atoms with van der Waals surface area (Å²) in [7, 11) is 0. The van der Waals surface area contributed by atoms with Crippen LogP contribution in [-0.2, 0) is 20.9 Å². The molecule has 1 atom stereocenters. The average Bonchev–Trinajstić information content (AvgIpc) is 2.94. The number of amides is 3. The summed E-state index contributed by atoms with van der Waals surface area (Å²) in [4.78, 5) is 50.1. The van der Waals surface area contributed by atoms with Gasteiger partial charge in [0.25, 0.3) is 17.7 Å². The number of fused-ring (bicyclic) bond motifs is 1. The Labute approximate surface area is 172 Å². The van der Waals surface area contributed by atoms with Crippen molar-refractivity contribution in [2.24, 2.45) is 0 Å². The summed E-state index contributed by atoms with van der Waals surface area (Å²) in [5, 5.41) is 3.20. The Bertz CT molecular complexity index is 987. The van der Waals surface area contributed by atoms with Crippen LogP contribution in [0.25, 0.3) is 0 Å². The van der Waals surface area contributed by atoms with Crippen LogP contribution in [0.15, 0.2) is 42.5 Å². The molecule has 29 heavy (non-hydrogen) atoms. The van der Waals surface area contributed by atoms with E-state index in [4.69, 9.17) is 16.3 Å². The van der Waals surface area contributed by atoms with E-state index >= 15 is 0 Å². The lowest BCUT2D eigenvalue weighted by atomic mass is 10.1. The van der Waals surface area contributed by atoms with Crippen LogP contribution in [-0.4, -0.2) is 41.2 Å². The van der Waals surface area contributed by atoms with Gasteiger partial charge in [0, 0.05) is 11.6 Å². The summed E-state index contributed by atoms with van der Waals surface area (Å²) in [5.41, 5.74) is 2.18. The summed E-state index contributed by atoms with van der Waals surface area (Å²) in [6.45, 7) is 2.93. The average molecular weight is 415 g/mol. The van der Waals surface area contributed by atoms with Gasteiger partial charge in [0.1, 0.15) is 6.04 Å². The number of hydrogen-bond donors (Lipinski definition) is 1. The molecule has 0 bridgehead atoms. The number of carbonyl (C=O) groups is 4. The van der Waals surface area contributed by atoms with Gasteiger partial charge in [0.15, 0.2) is 6.61 Å². The zero-order chi connectivity index (χ0) is 21.1. The molecule has 0 saturated heterocycles. The standard InChI is InChI=1S/C21H19ClN2O5/c1-12-3-8-16-17(9-12)20(27)24(19(16)26)13(2)21(28)29-11-18(25)23-10-14-4-6-15(22)7-5-14/h3-9,13H,10-11H2,1-2H3,(H,23,25). The third-order valence-electron chi connectivity index (χ3n) is 4.55. The molecule has 0 aromatic heterocycles. The largest absolute Gasteiger partial charge is 0.454 e. The van der Waals surface area contributed by atoms with Crippen LogP contribution in [0.2, 0.25) is 5.02 Å². The highest BCUT2D eigenvalue weighted by Crippen LogP contribution is 2.26. The zero-order valence-electron chi connectivity index (χ0n) is 15.9. The van der Waals surface area contributed by atoms with Gasteiger partial charge >= 0.3 is 5.97 Å². The van der Waals surface area contributed by atoms with E-state index in [1.807, 2.05) is 0 Å². The van der Waals surface area contributed by atoms with Crippen molar-refractivity contribution in [3.63, 3.8) is 0 Å². The maximum Gasteiger partial charge on any atom is 0.329 e. The predicted octanol–water partition coefficient (Wildman–Crippen LogP) is 2.49. The SMILES string of the molecule is Cc1ccc2c(c1)C(=O)N(C(C)C(=O)OCC(=O)NCc1ccc(Cl)cc1)C2=O. The molecule has 3 rings (SSSR count). The normalized spacial score (nSPS) is 13.8. The first-order chi connectivity index (χ1) is 13.8. The second kappa shape index (κ2) is 8.45. The fourth-order valence-electron chi connectivity index (χ4n) is 2.94. The van der Waals surface area contributed by atoms with Gasteiger partial charge in [-0.15, -0.1) is 0 Å². The van der Waals surface area contributed by atoms with Crippen LogP contribution in [0.5, 0.6) is 0 Å². The number of benzene rings is 2. The van der Waals surface area contributed by atoms with E-state index in [0.717, 1.165) is 16.0 Å². The first kappa shape index (κ1) is 20.5. The molecule has 150 valence electrons. The summed E-state index contributed by atoms with van der Waals surface area (Å²) < 4.78 is 4.99. The van der Waals surface area contributed by atoms with Crippen molar-refractivity contribution in [3.8, 4) is 0 Å². The van der Waals surface area contributed by atoms with Crippen molar-refractivity contribution in [2.75, 3.05) is 6.61 Å². The van der Waals surface area contributed by atoms with Crippen molar-refractivity contribution < 1.29 is 23.9 Å². The third kappa shape index (κ3) is 4.46. The molecule has 8 heteroatoms. The Kier molecular flexibility index (Phi) is 5.98. The lowest BCUT2D eigenvalue weighted by molar-refractivity contribution is -0.151. The molecule has 0 spiro atoms. The highest BCUT2D eigenvalue weighted by molar-refractivity contribution is 6.30. The molecule has 3 amide bonds. The molecule has 0 saturated carbocycles. The van der Waals surface area contributed by atoms with Crippen molar-refractivity contribution in [1.82, 2.24) is 10.2 Å². The lowest BCUT2D eigenvalue weighted by Crippen LogP contribution is -2.44. The third-order valence-corrected chi connectivity index (χ3v) is 4.80. The highest BCUT2D eigenvalue weighted by Gasteiger charge is 2.41. The summed E-state index contributed by atoms with van der Waals surface area (Å²) in [5.74, 6) is -2.44. The first-order valence-electron chi connectivity index (χ1n) is 8.94. The number of nitrogens with one attached hydrogen (secondary N) is 1. The van der Waals surface area contributed by atoms with Gasteiger partial charge in [-0.1, -0.05) is 35.4 Å². The number of aryl methyl sites for hydroxylation is 1. The van der Waals surface area contributed by atoms with Crippen molar-refractivity contribution in [2.45, 2.75) is 26.4 Å². The summed E-state index contributed by atoms with van der Waals surface area (Å²) in [6.07, 6.45) is 0. The van der Waals surface area contributed by atoms with Gasteiger partial charge in [-0.05, 0) is 43.7 Å². The smallest absolute Gasteiger partial charge is 0.329 e. The molecule has 0 aliphatic carbocycles. The fraction of sp³-hybridized carbons (Fsp3) is 0.238. The topological polar surface area (TPSA) is 92.8 Å². The maximum absolute atomic E-state index is 12.5. The molecule has 1 unspecified atom stereocenters. The molecule has 0 radical (unpaired) electrons. The molecule has 0 fully saturated rings. The van der Waals surface area contributed by atoms with E-state index < -0.39 is 36.3 Å². The lowest BCUT2D eigenvalue weighted by Gasteiger charge is -2.20. The maximum atomic E-state index is 12.5. The minimum absolute atomic E-state index is 0.251. The summed E-state index contributed by atoms with van der Waals surface area (Å²) in [6, 6.07) is 10.7. The molecule has 1 aliphatic rings. The Morgan fingerprint density at radius 3 is 2.41 bits per heavy atom. The van der Waals surface area contributed by atoms with E-state index in [1.165, 1.54) is 6.92 Å². The fourth-order valence-corrected chi connectivity index (χ4v) is 3.07. The number of halogens is 1. The van der Waals surface area contributed by atoms with Crippen molar-refractivity contribution >= 4 is 35.3 Å². The van der Waals surface area contributed by atoms with E-state index in [0.29, 0.717) is 5.02 Å². The van der Waals surface area contributed by atoms with E-state index in [1.54, 1.807) is 49.4 Å². The number of nitrogens with zero attached hydrogens (tertiary/aromatic N) is 1. The molecule has 1 heterocycles. The van der Waals surface area contributed by atoms with Crippen LogP contribution < -0.4 is 5.32 Å². The van der Waals surface area contributed by atoms with E-state index in [-0.39, 0.29) is 17.7 Å². The molecular formula is C21H19ClN2O5. The minimum atomic E-state index is -1.15. The Balaban J connectivity index is 1.54. The van der Waals surface area contributed by atoms with Crippen LogP contribution in [0.1, 0.15) is 38.8 Å². The second-order valence-electron chi connectivity index (χ2n) is 6.72. The molecule has 1 N–H and O–H groups in total.